The molecule has 2 N–H and O–H groups in total. The molecule has 1 amide bonds. The van der Waals surface area contributed by atoms with Crippen LogP contribution < -0.4 is 16.0 Å². The van der Waals surface area contributed by atoms with Gasteiger partial charge in [0.1, 0.15) is 11.3 Å². The van der Waals surface area contributed by atoms with Gasteiger partial charge in [0.05, 0.1) is 18.9 Å². The summed E-state index contributed by atoms with van der Waals surface area (Å²) < 4.78 is 6.32. The van der Waals surface area contributed by atoms with Crippen LogP contribution in [0.15, 0.2) is 39.0 Å². The molecule has 9 nitrogen and oxygen atoms in total. The highest BCUT2D eigenvalue weighted by Gasteiger charge is 2.35. The fraction of sp³-hybridized carbons (Fsp3) is 0.429. The number of aromatic hydroxyl groups is 1. The first-order valence-corrected chi connectivity index (χ1v) is 10.0. The minimum Gasteiger partial charge on any atom is -0.497 e. The van der Waals surface area contributed by atoms with Crippen LogP contribution >= 0.6 is 0 Å². The Morgan fingerprint density at radius 3 is 2.57 bits per heavy atom. The second kappa shape index (κ2) is 8.98. The van der Waals surface area contributed by atoms with E-state index in [1.54, 1.807) is 26.2 Å². The van der Waals surface area contributed by atoms with Crippen LogP contribution in [0.25, 0.3) is 0 Å². The number of rotatable bonds is 7. The van der Waals surface area contributed by atoms with Gasteiger partial charge in [0.25, 0.3) is 5.56 Å². The molecule has 0 aliphatic carbocycles. The molecule has 3 rings (SSSR count). The normalized spacial score (nSPS) is 15.9. The number of amides is 1. The van der Waals surface area contributed by atoms with Gasteiger partial charge in [0.2, 0.25) is 11.8 Å². The molecular weight excluding hydrogens is 388 g/mol. The molecule has 1 atom stereocenters. The summed E-state index contributed by atoms with van der Waals surface area (Å²) in [7, 11) is 1.57. The third-order valence-electron chi connectivity index (χ3n) is 5.16. The van der Waals surface area contributed by atoms with E-state index in [4.69, 9.17) is 4.74 Å². The first-order chi connectivity index (χ1) is 14.4. The summed E-state index contributed by atoms with van der Waals surface area (Å²) >= 11 is 0. The Hall–Kier alpha value is -3.36. The largest absolute Gasteiger partial charge is 0.497 e. The SMILES string of the molecule is CCCCn1c(O)c(C2=NN(C(=O)CC)C(c3ccc(OC)cc3)C2)c(=O)[nH]c1=O. The third-order valence-corrected chi connectivity index (χ3v) is 5.16. The number of hydrazone groups is 1. The van der Waals surface area contributed by atoms with Gasteiger partial charge in [-0.15, -0.1) is 0 Å². The van der Waals surface area contributed by atoms with E-state index in [9.17, 15) is 19.5 Å². The molecule has 1 unspecified atom stereocenters. The highest BCUT2D eigenvalue weighted by atomic mass is 16.5. The van der Waals surface area contributed by atoms with Gasteiger partial charge in [-0.05, 0) is 24.1 Å². The number of nitrogens with zero attached hydrogens (tertiary/aromatic N) is 3. The molecule has 2 heterocycles. The smallest absolute Gasteiger partial charge is 0.331 e. The second-order valence-electron chi connectivity index (χ2n) is 7.09. The summed E-state index contributed by atoms with van der Waals surface area (Å²) in [6.45, 7) is 3.97. The van der Waals surface area contributed by atoms with Crippen molar-refractivity contribution in [1.82, 2.24) is 14.6 Å². The molecule has 30 heavy (non-hydrogen) atoms. The standard InChI is InChI=1S/C21H26N4O5/c1-4-6-11-24-20(28)18(19(27)22-21(24)29)15-12-16(25(23-15)17(26)5-2)13-7-9-14(30-3)10-8-13/h7-10,16,28H,4-6,11-12H2,1-3H3,(H,22,27,29). The van der Waals surface area contributed by atoms with Crippen molar-refractivity contribution in [2.45, 2.75) is 52.1 Å². The van der Waals surface area contributed by atoms with Gasteiger partial charge in [0, 0.05) is 19.4 Å². The lowest BCUT2D eigenvalue weighted by Gasteiger charge is -2.21. The number of unbranched alkanes of at least 4 members (excludes halogenated alkanes) is 1. The fourth-order valence-electron chi connectivity index (χ4n) is 3.48. The van der Waals surface area contributed by atoms with Crippen molar-refractivity contribution in [3.05, 3.63) is 56.2 Å². The number of ether oxygens (including phenoxy) is 1. The van der Waals surface area contributed by atoms with Crippen LogP contribution in [0.5, 0.6) is 11.6 Å². The van der Waals surface area contributed by atoms with Gasteiger partial charge in [0.15, 0.2) is 0 Å². The van der Waals surface area contributed by atoms with E-state index in [0.717, 1.165) is 16.6 Å². The summed E-state index contributed by atoms with van der Waals surface area (Å²) in [6, 6.07) is 6.83. The molecule has 2 aromatic rings. The van der Waals surface area contributed by atoms with Crippen molar-refractivity contribution in [3.8, 4) is 11.6 Å². The summed E-state index contributed by atoms with van der Waals surface area (Å²) in [5.41, 5.74) is -0.367. The van der Waals surface area contributed by atoms with E-state index in [2.05, 4.69) is 10.1 Å². The number of aromatic amines is 1. The first-order valence-electron chi connectivity index (χ1n) is 10.0. The van der Waals surface area contributed by atoms with Crippen LogP contribution in [0.4, 0.5) is 0 Å². The van der Waals surface area contributed by atoms with Gasteiger partial charge in [-0.3, -0.25) is 19.1 Å². The average Bonchev–Trinajstić information content (AvgIpc) is 3.17. The first kappa shape index (κ1) is 21.4. The van der Waals surface area contributed by atoms with E-state index in [1.807, 2.05) is 19.1 Å². The number of methoxy groups -OCH3 is 1. The fourth-order valence-corrected chi connectivity index (χ4v) is 3.48. The van der Waals surface area contributed by atoms with Crippen LogP contribution in [0.1, 0.15) is 56.7 Å². The summed E-state index contributed by atoms with van der Waals surface area (Å²) in [4.78, 5) is 39.4. The molecule has 9 heteroatoms. The van der Waals surface area contributed by atoms with Crippen LogP contribution in [0.3, 0.4) is 0 Å². The predicted molar refractivity (Wildman–Crippen MR) is 112 cm³/mol. The molecular formula is C21H26N4O5. The maximum absolute atomic E-state index is 12.5. The number of hydrogen-bond donors (Lipinski definition) is 2. The molecule has 1 aromatic carbocycles. The van der Waals surface area contributed by atoms with E-state index in [0.29, 0.717) is 12.2 Å². The molecule has 0 bridgehead atoms. The zero-order valence-corrected chi connectivity index (χ0v) is 17.3. The van der Waals surface area contributed by atoms with Crippen LogP contribution in [0.2, 0.25) is 0 Å². The Morgan fingerprint density at radius 1 is 1.27 bits per heavy atom. The summed E-state index contributed by atoms with van der Waals surface area (Å²) in [5, 5.41) is 16.4. The van der Waals surface area contributed by atoms with Crippen molar-refractivity contribution < 1.29 is 14.6 Å². The van der Waals surface area contributed by atoms with Gasteiger partial charge in [-0.2, -0.15) is 5.10 Å². The summed E-state index contributed by atoms with van der Waals surface area (Å²) in [5.74, 6) is 0.0552. The Balaban J connectivity index is 2.05. The third kappa shape index (κ3) is 4.00. The van der Waals surface area contributed by atoms with Crippen molar-refractivity contribution in [2.75, 3.05) is 7.11 Å². The number of H-pyrrole nitrogens is 1. The number of aromatic nitrogens is 2. The number of nitrogens with one attached hydrogen (secondary N) is 1. The Kier molecular flexibility index (Phi) is 6.39. The van der Waals surface area contributed by atoms with Gasteiger partial charge < -0.3 is 9.84 Å². The average molecular weight is 414 g/mol. The Bertz CT molecular complexity index is 1070. The van der Waals surface area contributed by atoms with Crippen LogP contribution in [-0.4, -0.2) is 38.4 Å². The number of hydrogen-bond acceptors (Lipinski definition) is 6. The minimum absolute atomic E-state index is 0.0735. The van der Waals surface area contributed by atoms with E-state index >= 15 is 0 Å². The quantitative estimate of drug-likeness (QED) is 0.720. The number of benzene rings is 1. The molecule has 1 aliphatic rings. The molecule has 0 fully saturated rings. The van der Waals surface area contributed by atoms with Crippen molar-refractivity contribution >= 4 is 11.6 Å². The molecule has 0 spiro atoms. The number of carbonyl (C=O) groups excluding carboxylic acids is 1. The summed E-state index contributed by atoms with van der Waals surface area (Å²) in [6.07, 6.45) is 1.96. The van der Waals surface area contributed by atoms with E-state index < -0.39 is 23.2 Å². The second-order valence-corrected chi connectivity index (χ2v) is 7.09. The Labute approximate surface area is 173 Å². The topological polar surface area (TPSA) is 117 Å². The van der Waals surface area contributed by atoms with Gasteiger partial charge >= 0.3 is 5.69 Å². The van der Waals surface area contributed by atoms with Crippen molar-refractivity contribution in [1.29, 1.82) is 0 Å². The minimum atomic E-state index is -0.719. The lowest BCUT2D eigenvalue weighted by atomic mass is 9.99. The lowest BCUT2D eigenvalue weighted by molar-refractivity contribution is -0.132. The number of carbonyl (C=O) groups is 1. The molecule has 0 radical (unpaired) electrons. The zero-order valence-electron chi connectivity index (χ0n) is 17.3. The lowest BCUT2D eigenvalue weighted by Crippen LogP contribution is -2.33. The van der Waals surface area contributed by atoms with E-state index in [-0.39, 0.29) is 36.6 Å². The zero-order chi connectivity index (χ0) is 21.8. The Morgan fingerprint density at radius 2 is 1.97 bits per heavy atom. The van der Waals surface area contributed by atoms with Gasteiger partial charge in [-0.1, -0.05) is 32.4 Å². The molecule has 1 aromatic heterocycles. The molecule has 160 valence electrons. The van der Waals surface area contributed by atoms with Crippen LogP contribution in [0, 0.1) is 0 Å². The monoisotopic (exact) mass is 414 g/mol. The maximum atomic E-state index is 12.5. The highest BCUT2D eigenvalue weighted by Crippen LogP contribution is 2.34. The highest BCUT2D eigenvalue weighted by molar-refractivity contribution is 6.04. The maximum Gasteiger partial charge on any atom is 0.331 e. The van der Waals surface area contributed by atoms with Crippen LogP contribution in [-0.2, 0) is 11.3 Å². The predicted octanol–water partition coefficient (Wildman–Crippen LogP) is 2.14. The molecule has 1 aliphatic heterocycles. The van der Waals surface area contributed by atoms with Crippen molar-refractivity contribution in [3.63, 3.8) is 0 Å². The molecule has 0 saturated heterocycles. The van der Waals surface area contributed by atoms with Gasteiger partial charge in [-0.25, -0.2) is 9.80 Å². The molecule has 0 saturated carbocycles. The van der Waals surface area contributed by atoms with Crippen molar-refractivity contribution in [2.24, 2.45) is 5.10 Å². The van der Waals surface area contributed by atoms with E-state index in [1.165, 1.54) is 5.01 Å².